The quantitative estimate of drug-likeness (QED) is 0.0261. The highest BCUT2D eigenvalue weighted by Gasteiger charge is 2.19. The van der Waals surface area contributed by atoms with Crippen molar-refractivity contribution in [2.45, 2.75) is 284 Å². The average Bonchev–Trinajstić information content (AvgIpc) is 3.37. The Hall–Kier alpha value is -3.67. The van der Waals surface area contributed by atoms with Gasteiger partial charge in [-0.3, -0.25) is 14.4 Å². The Labute approximate surface area is 438 Å². The second-order valence-corrected chi connectivity index (χ2v) is 19.5. The summed E-state index contributed by atoms with van der Waals surface area (Å²) in [6.45, 7) is 6.46. The lowest BCUT2D eigenvalue weighted by Crippen LogP contribution is -2.30. The molecule has 71 heavy (non-hydrogen) atoms. The molecule has 0 amide bonds. The summed E-state index contributed by atoms with van der Waals surface area (Å²) in [4.78, 5) is 38.2. The smallest absolute Gasteiger partial charge is 0.306 e. The fourth-order valence-corrected chi connectivity index (χ4v) is 8.08. The Balaban J connectivity index is 4.41. The fraction of sp³-hybridized carbons (Fsp3) is 0.708. The lowest BCUT2D eigenvalue weighted by molar-refractivity contribution is -0.167. The van der Waals surface area contributed by atoms with Crippen molar-refractivity contribution < 1.29 is 28.6 Å². The number of carbonyl (C=O) groups is 3. The van der Waals surface area contributed by atoms with E-state index in [0.717, 1.165) is 116 Å². The van der Waals surface area contributed by atoms with Crippen LogP contribution in [0.15, 0.2) is 97.2 Å². The lowest BCUT2D eigenvalue weighted by Gasteiger charge is -2.18. The molecule has 6 heteroatoms. The summed E-state index contributed by atoms with van der Waals surface area (Å²) in [7, 11) is 0. The SMILES string of the molecule is CC/C=C\C/C=C\C/C=C\CCCCCC(=O)OCC(COC(=O)CCCCCCCCCCC/C=C\C/C=C\CCCCCCC)OC(=O)CCCCCCCC/C=C\C/C=C\C/C=C\CCCCC. The van der Waals surface area contributed by atoms with Gasteiger partial charge in [-0.2, -0.15) is 0 Å². The van der Waals surface area contributed by atoms with E-state index in [1.165, 1.54) is 122 Å². The molecule has 0 aromatic rings. The number of hydrogen-bond acceptors (Lipinski definition) is 6. The largest absolute Gasteiger partial charge is 0.462 e. The van der Waals surface area contributed by atoms with Crippen molar-refractivity contribution in [2.75, 3.05) is 13.2 Å². The van der Waals surface area contributed by atoms with Crippen molar-refractivity contribution in [1.82, 2.24) is 0 Å². The molecule has 0 aromatic carbocycles. The van der Waals surface area contributed by atoms with Gasteiger partial charge in [0.1, 0.15) is 13.2 Å². The monoisotopic (exact) mass is 987 g/mol. The van der Waals surface area contributed by atoms with E-state index < -0.39 is 6.10 Å². The van der Waals surface area contributed by atoms with Crippen molar-refractivity contribution in [3.8, 4) is 0 Å². The fourth-order valence-electron chi connectivity index (χ4n) is 8.08. The first kappa shape index (κ1) is 67.3. The summed E-state index contributed by atoms with van der Waals surface area (Å²) in [6, 6.07) is 0. The van der Waals surface area contributed by atoms with E-state index in [1.807, 2.05) is 0 Å². The number of unbranched alkanes of at least 4 members (excludes halogenated alkanes) is 26. The van der Waals surface area contributed by atoms with Gasteiger partial charge in [-0.15, -0.1) is 0 Å². The molecule has 0 bridgehead atoms. The molecule has 0 rings (SSSR count). The second-order valence-electron chi connectivity index (χ2n) is 19.5. The van der Waals surface area contributed by atoms with Crippen LogP contribution in [0.2, 0.25) is 0 Å². The molecule has 0 spiro atoms. The molecule has 6 nitrogen and oxygen atoms in total. The van der Waals surface area contributed by atoms with Crippen LogP contribution in [0.4, 0.5) is 0 Å². The number of ether oxygens (including phenoxy) is 3. The highest BCUT2D eigenvalue weighted by atomic mass is 16.6. The van der Waals surface area contributed by atoms with Crippen LogP contribution in [0.3, 0.4) is 0 Å². The Morgan fingerprint density at radius 3 is 0.901 bits per heavy atom. The standard InChI is InChI=1S/C65H110O6/c1-4-7-10-13-16-19-22-25-27-29-31-32-34-35-37-40-43-46-49-52-55-58-64(67)70-61-62(60-69-63(66)57-54-51-48-45-42-39-24-21-18-15-12-9-6-3)71-65(68)59-56-53-50-47-44-41-38-36-33-30-28-26-23-20-17-14-11-8-5-2/h9,12,17-18,20-22,25-26,28-29,31,33,36,39,42,62H,4-8,10-11,13-16,19,23-24,27,30,32,34-35,37-38,40-41,43-61H2,1-3H3/b12-9-,20-17-,21-18-,25-22-,28-26-,31-29-,36-33-,42-39-. The van der Waals surface area contributed by atoms with Crippen molar-refractivity contribution in [2.24, 2.45) is 0 Å². The predicted molar refractivity (Wildman–Crippen MR) is 307 cm³/mol. The number of carbonyl (C=O) groups excluding carboxylic acids is 3. The van der Waals surface area contributed by atoms with Gasteiger partial charge < -0.3 is 14.2 Å². The lowest BCUT2D eigenvalue weighted by atomic mass is 10.1. The Bertz CT molecular complexity index is 1410. The van der Waals surface area contributed by atoms with Crippen LogP contribution in [-0.2, 0) is 28.6 Å². The van der Waals surface area contributed by atoms with E-state index in [9.17, 15) is 14.4 Å². The molecular formula is C65H110O6. The highest BCUT2D eigenvalue weighted by Crippen LogP contribution is 2.15. The van der Waals surface area contributed by atoms with Crippen LogP contribution in [-0.4, -0.2) is 37.2 Å². The highest BCUT2D eigenvalue weighted by molar-refractivity contribution is 5.71. The first-order valence-electron chi connectivity index (χ1n) is 29.7. The topological polar surface area (TPSA) is 78.9 Å². The molecule has 0 aliphatic heterocycles. The Morgan fingerprint density at radius 2 is 0.549 bits per heavy atom. The normalized spacial score (nSPS) is 12.8. The van der Waals surface area contributed by atoms with Gasteiger partial charge in [0.05, 0.1) is 0 Å². The third-order valence-corrected chi connectivity index (χ3v) is 12.5. The van der Waals surface area contributed by atoms with Gasteiger partial charge in [0, 0.05) is 19.3 Å². The summed E-state index contributed by atoms with van der Waals surface area (Å²) in [5.41, 5.74) is 0. The molecule has 0 aliphatic carbocycles. The molecule has 0 aromatic heterocycles. The van der Waals surface area contributed by atoms with Gasteiger partial charge in [-0.25, -0.2) is 0 Å². The van der Waals surface area contributed by atoms with Crippen LogP contribution in [0.1, 0.15) is 278 Å². The van der Waals surface area contributed by atoms with E-state index in [1.54, 1.807) is 0 Å². The zero-order valence-electron chi connectivity index (χ0n) is 46.5. The molecule has 0 saturated carbocycles. The maximum absolute atomic E-state index is 12.9. The van der Waals surface area contributed by atoms with E-state index in [4.69, 9.17) is 14.2 Å². The van der Waals surface area contributed by atoms with Crippen molar-refractivity contribution in [3.63, 3.8) is 0 Å². The zero-order chi connectivity index (χ0) is 51.4. The van der Waals surface area contributed by atoms with E-state index in [0.29, 0.717) is 19.3 Å². The number of esters is 3. The van der Waals surface area contributed by atoms with E-state index >= 15 is 0 Å². The minimum atomic E-state index is -0.800. The van der Waals surface area contributed by atoms with Gasteiger partial charge in [0.2, 0.25) is 0 Å². The summed E-state index contributed by atoms with van der Waals surface area (Å²) < 4.78 is 16.8. The van der Waals surface area contributed by atoms with Crippen LogP contribution in [0, 0.1) is 0 Å². The Kier molecular flexibility index (Phi) is 55.9. The summed E-state index contributed by atoms with van der Waals surface area (Å²) in [5, 5.41) is 0. The molecule has 0 saturated heterocycles. The molecule has 406 valence electrons. The van der Waals surface area contributed by atoms with Crippen LogP contribution in [0.5, 0.6) is 0 Å². The van der Waals surface area contributed by atoms with Crippen molar-refractivity contribution >= 4 is 17.9 Å². The molecule has 0 fully saturated rings. The van der Waals surface area contributed by atoms with Gasteiger partial charge in [0.15, 0.2) is 6.10 Å². The van der Waals surface area contributed by atoms with Gasteiger partial charge in [-0.1, -0.05) is 234 Å². The number of hydrogen-bond donors (Lipinski definition) is 0. The minimum absolute atomic E-state index is 0.0951. The zero-order valence-corrected chi connectivity index (χ0v) is 46.5. The molecule has 1 atom stereocenters. The first-order chi connectivity index (χ1) is 35.0. The van der Waals surface area contributed by atoms with Crippen LogP contribution >= 0.6 is 0 Å². The maximum Gasteiger partial charge on any atom is 0.306 e. The van der Waals surface area contributed by atoms with Gasteiger partial charge in [-0.05, 0) is 122 Å². The number of allylic oxidation sites excluding steroid dienone is 16. The molecule has 0 aliphatic rings. The van der Waals surface area contributed by atoms with Crippen molar-refractivity contribution in [3.05, 3.63) is 97.2 Å². The Morgan fingerprint density at radius 1 is 0.296 bits per heavy atom. The van der Waals surface area contributed by atoms with Crippen LogP contribution < -0.4 is 0 Å². The molecule has 0 heterocycles. The van der Waals surface area contributed by atoms with Crippen molar-refractivity contribution in [1.29, 1.82) is 0 Å². The molecule has 0 radical (unpaired) electrons. The molecular weight excluding hydrogens is 877 g/mol. The van der Waals surface area contributed by atoms with Gasteiger partial charge in [0.25, 0.3) is 0 Å². The average molecular weight is 988 g/mol. The number of rotatable bonds is 53. The summed E-state index contributed by atoms with van der Waals surface area (Å²) >= 11 is 0. The molecule has 0 N–H and O–H groups in total. The minimum Gasteiger partial charge on any atom is -0.462 e. The molecule has 1 unspecified atom stereocenters. The first-order valence-corrected chi connectivity index (χ1v) is 29.7. The summed E-state index contributed by atoms with van der Waals surface area (Å²) in [6.07, 6.45) is 78.3. The third-order valence-electron chi connectivity index (χ3n) is 12.5. The summed E-state index contributed by atoms with van der Waals surface area (Å²) in [5.74, 6) is -0.938. The van der Waals surface area contributed by atoms with Gasteiger partial charge >= 0.3 is 17.9 Å². The third kappa shape index (κ3) is 57.1. The second kappa shape index (κ2) is 58.9. The van der Waals surface area contributed by atoms with E-state index in [2.05, 4.69) is 118 Å². The predicted octanol–water partition coefficient (Wildman–Crippen LogP) is 20.1. The van der Waals surface area contributed by atoms with Crippen LogP contribution in [0.25, 0.3) is 0 Å². The maximum atomic E-state index is 12.9. The van der Waals surface area contributed by atoms with E-state index in [-0.39, 0.29) is 31.1 Å².